The summed E-state index contributed by atoms with van der Waals surface area (Å²) in [4.78, 5) is 34.9. The number of hydrogen-bond donors (Lipinski definition) is 0. The second kappa shape index (κ2) is 14.2. The highest BCUT2D eigenvalue weighted by atomic mass is 32.2. The summed E-state index contributed by atoms with van der Waals surface area (Å²) in [5, 5.41) is 0. The van der Waals surface area contributed by atoms with E-state index in [1.807, 2.05) is 0 Å². The molecule has 1 heterocycles. The summed E-state index contributed by atoms with van der Waals surface area (Å²) in [5.41, 5.74) is 2.49. The van der Waals surface area contributed by atoms with Gasteiger partial charge in [-0.25, -0.2) is 0 Å². The number of esters is 3. The summed E-state index contributed by atoms with van der Waals surface area (Å²) in [6.45, 7) is 21.0. The molecule has 37 heavy (non-hydrogen) atoms. The number of ether oxygens (including phenoxy) is 5. The van der Waals surface area contributed by atoms with Crippen molar-refractivity contribution in [3.8, 4) is 0 Å². The highest BCUT2D eigenvalue weighted by Crippen LogP contribution is 2.49. The molecule has 9 heteroatoms. The lowest BCUT2D eigenvalue weighted by Crippen LogP contribution is -2.58. The Hall–Kier alpha value is -2.10. The van der Waals surface area contributed by atoms with Crippen molar-refractivity contribution in [2.24, 2.45) is 17.3 Å². The molecule has 0 amide bonds. The molecule has 8 nitrogen and oxygen atoms in total. The van der Waals surface area contributed by atoms with E-state index in [1.54, 1.807) is 11.8 Å². The molecule has 2 aliphatic rings. The Balaban J connectivity index is 1.89. The Kier molecular flexibility index (Phi) is 11.9. The monoisotopic (exact) mass is 538 g/mol. The first-order chi connectivity index (χ1) is 17.4. The van der Waals surface area contributed by atoms with Crippen LogP contribution in [-0.4, -0.2) is 67.2 Å². The Morgan fingerprint density at radius 3 is 2.22 bits per heavy atom. The maximum absolute atomic E-state index is 11.7. The van der Waals surface area contributed by atoms with Gasteiger partial charge in [-0.15, -0.1) is 6.58 Å². The molecule has 3 unspecified atom stereocenters. The third kappa shape index (κ3) is 9.00. The summed E-state index contributed by atoms with van der Waals surface area (Å²) >= 11 is 1.71. The normalized spacial score (nSPS) is 31.6. The van der Waals surface area contributed by atoms with Crippen LogP contribution in [0.15, 0.2) is 37.0 Å². The Morgan fingerprint density at radius 1 is 1.03 bits per heavy atom. The van der Waals surface area contributed by atoms with E-state index in [2.05, 4.69) is 39.7 Å². The van der Waals surface area contributed by atoms with Gasteiger partial charge in [-0.2, -0.15) is 11.8 Å². The molecule has 0 spiro atoms. The van der Waals surface area contributed by atoms with Crippen molar-refractivity contribution in [3.63, 3.8) is 0 Å². The van der Waals surface area contributed by atoms with Crippen LogP contribution in [0.3, 0.4) is 0 Å². The van der Waals surface area contributed by atoms with E-state index in [9.17, 15) is 14.4 Å². The number of rotatable bonds is 12. The van der Waals surface area contributed by atoms with E-state index in [4.69, 9.17) is 23.7 Å². The predicted molar refractivity (Wildman–Crippen MR) is 143 cm³/mol. The summed E-state index contributed by atoms with van der Waals surface area (Å²) in [5.74, 6) is 0.562. The third-order valence-electron chi connectivity index (χ3n) is 7.09. The van der Waals surface area contributed by atoms with Crippen LogP contribution in [0.2, 0.25) is 0 Å². The second-order valence-corrected chi connectivity index (χ2v) is 11.3. The number of hydrogen-bond acceptors (Lipinski definition) is 9. The van der Waals surface area contributed by atoms with E-state index < -0.39 is 42.5 Å². The minimum Gasteiger partial charge on any atom is -0.456 e. The van der Waals surface area contributed by atoms with Gasteiger partial charge in [0.1, 0.15) is 0 Å². The van der Waals surface area contributed by atoms with Crippen molar-refractivity contribution in [2.75, 3.05) is 24.7 Å². The Labute approximate surface area is 225 Å². The highest BCUT2D eigenvalue weighted by Gasteiger charge is 2.47. The van der Waals surface area contributed by atoms with Gasteiger partial charge >= 0.3 is 17.9 Å². The first-order valence-corrected chi connectivity index (χ1v) is 13.8. The lowest BCUT2D eigenvalue weighted by Gasteiger charge is -2.44. The smallest absolute Gasteiger partial charge is 0.303 e. The van der Waals surface area contributed by atoms with E-state index in [-0.39, 0.29) is 12.0 Å². The van der Waals surface area contributed by atoms with Crippen LogP contribution < -0.4 is 0 Å². The van der Waals surface area contributed by atoms with Crippen molar-refractivity contribution in [2.45, 2.75) is 78.5 Å². The number of carbonyl (C=O) groups excluding carboxylic acids is 3. The molecule has 0 N–H and O–H groups in total. The van der Waals surface area contributed by atoms with Gasteiger partial charge in [-0.05, 0) is 43.4 Å². The molecule has 2 fully saturated rings. The summed E-state index contributed by atoms with van der Waals surface area (Å²) in [6, 6.07) is 0. The minimum atomic E-state index is -1.07. The van der Waals surface area contributed by atoms with Gasteiger partial charge in [0.15, 0.2) is 24.6 Å². The fourth-order valence-corrected chi connectivity index (χ4v) is 5.96. The lowest BCUT2D eigenvalue weighted by atomic mass is 9.61. The van der Waals surface area contributed by atoms with Crippen molar-refractivity contribution in [1.82, 2.24) is 0 Å². The zero-order valence-corrected chi connectivity index (χ0v) is 23.6. The van der Waals surface area contributed by atoms with Gasteiger partial charge in [0, 0.05) is 32.3 Å². The molecule has 0 bridgehead atoms. The van der Waals surface area contributed by atoms with E-state index in [0.29, 0.717) is 24.2 Å². The molecule has 0 radical (unpaired) electrons. The van der Waals surface area contributed by atoms with Gasteiger partial charge < -0.3 is 23.7 Å². The molecule has 1 saturated carbocycles. The first-order valence-electron chi connectivity index (χ1n) is 12.7. The van der Waals surface area contributed by atoms with Crippen LogP contribution in [0.25, 0.3) is 0 Å². The predicted octanol–water partition coefficient (Wildman–Crippen LogP) is 4.63. The quantitative estimate of drug-likeness (QED) is 0.152. The Morgan fingerprint density at radius 2 is 1.65 bits per heavy atom. The molecular formula is C28H42O8S. The lowest BCUT2D eigenvalue weighted by molar-refractivity contribution is -0.279. The maximum atomic E-state index is 11.7. The molecule has 1 saturated heterocycles. The maximum Gasteiger partial charge on any atom is 0.303 e. The highest BCUT2D eigenvalue weighted by molar-refractivity contribution is 7.99. The fourth-order valence-electron chi connectivity index (χ4n) is 5.11. The molecular weight excluding hydrogens is 496 g/mol. The second-order valence-electron chi connectivity index (χ2n) is 10.2. The largest absolute Gasteiger partial charge is 0.456 e. The fraction of sp³-hybridized carbons (Fsp3) is 0.679. The molecule has 0 aromatic rings. The van der Waals surface area contributed by atoms with Gasteiger partial charge in [-0.1, -0.05) is 37.3 Å². The zero-order chi connectivity index (χ0) is 27.8. The van der Waals surface area contributed by atoms with Crippen molar-refractivity contribution < 1.29 is 38.1 Å². The molecule has 208 valence electrons. The molecule has 0 aromatic carbocycles. The summed E-state index contributed by atoms with van der Waals surface area (Å²) in [6.07, 6.45) is 1.29. The zero-order valence-electron chi connectivity index (χ0n) is 22.8. The number of allylic oxidation sites excluding steroid dienone is 2. The van der Waals surface area contributed by atoms with Crippen LogP contribution in [0.1, 0.15) is 53.9 Å². The van der Waals surface area contributed by atoms with Crippen LogP contribution >= 0.6 is 11.8 Å². The van der Waals surface area contributed by atoms with Crippen molar-refractivity contribution >= 4 is 29.7 Å². The van der Waals surface area contributed by atoms with E-state index >= 15 is 0 Å². The molecule has 0 aromatic heterocycles. The van der Waals surface area contributed by atoms with Crippen LogP contribution in [0.5, 0.6) is 0 Å². The van der Waals surface area contributed by atoms with Gasteiger partial charge in [0.05, 0.1) is 13.2 Å². The average molecular weight is 539 g/mol. The van der Waals surface area contributed by atoms with Gasteiger partial charge in [0.2, 0.25) is 0 Å². The van der Waals surface area contributed by atoms with E-state index in [1.165, 1.54) is 31.9 Å². The molecule has 1 aliphatic heterocycles. The molecule has 1 aliphatic carbocycles. The SMILES string of the molecule is C=CC1(C)CCC(C(=C)CSCCO[C@H]2OC[C@H](OC(C)=O)[C@@H](OC(C)=O)[C@@H]2OC(C)=O)CC1C(=C)C. The van der Waals surface area contributed by atoms with Gasteiger partial charge in [-0.3, -0.25) is 14.4 Å². The van der Waals surface area contributed by atoms with Crippen LogP contribution in [0, 0.1) is 17.3 Å². The van der Waals surface area contributed by atoms with E-state index in [0.717, 1.165) is 25.0 Å². The molecule has 2 rings (SSSR count). The topological polar surface area (TPSA) is 97.4 Å². The van der Waals surface area contributed by atoms with Crippen LogP contribution in [0.4, 0.5) is 0 Å². The van der Waals surface area contributed by atoms with Crippen LogP contribution in [-0.2, 0) is 38.1 Å². The number of carbonyl (C=O) groups is 3. The summed E-state index contributed by atoms with van der Waals surface area (Å²) < 4.78 is 27.5. The Bertz CT molecular complexity index is 870. The summed E-state index contributed by atoms with van der Waals surface area (Å²) in [7, 11) is 0. The molecule has 7 atom stereocenters. The third-order valence-corrected chi connectivity index (χ3v) is 8.12. The van der Waals surface area contributed by atoms with Crippen molar-refractivity contribution in [1.29, 1.82) is 0 Å². The van der Waals surface area contributed by atoms with Gasteiger partial charge in [0.25, 0.3) is 0 Å². The number of thioether (sulfide) groups is 1. The average Bonchev–Trinajstić information content (AvgIpc) is 2.81. The first kappa shape index (κ1) is 31.1. The minimum absolute atomic E-state index is 0.0564. The van der Waals surface area contributed by atoms with Crippen molar-refractivity contribution in [3.05, 3.63) is 37.0 Å². The standard InChI is InChI=1S/C28H42O8S/c1-9-28(8)11-10-22(14-23(28)17(2)3)18(4)16-37-13-12-32-27-26(36-21(7)31)25(35-20(6)30)24(15-33-27)34-19(5)29/h9,22-27H,1-2,4,10-16H2,3,5-8H3/t22?,23?,24-,25+,26-,27-,28?/m0/s1.